The number of ether oxygens (including phenoxy) is 1. The first-order valence-corrected chi connectivity index (χ1v) is 9.85. The molecule has 3 aromatic rings. The molecule has 0 unspecified atom stereocenters. The molecule has 0 bridgehead atoms. The van der Waals surface area contributed by atoms with E-state index in [9.17, 15) is 4.79 Å². The van der Waals surface area contributed by atoms with Crippen LogP contribution in [0.1, 0.15) is 27.4 Å². The van der Waals surface area contributed by atoms with Gasteiger partial charge in [0.05, 0.1) is 12.8 Å². The predicted molar refractivity (Wildman–Crippen MR) is 109 cm³/mol. The van der Waals surface area contributed by atoms with E-state index in [1.165, 1.54) is 0 Å². The molecule has 1 amide bonds. The maximum absolute atomic E-state index is 12.8. The van der Waals surface area contributed by atoms with Crippen molar-refractivity contribution >= 4 is 5.91 Å². The van der Waals surface area contributed by atoms with Crippen molar-refractivity contribution in [2.24, 2.45) is 0 Å². The van der Waals surface area contributed by atoms with Crippen molar-refractivity contribution in [3.8, 4) is 5.75 Å². The van der Waals surface area contributed by atoms with Crippen LogP contribution in [0.25, 0.3) is 0 Å². The molecule has 0 spiro atoms. The Morgan fingerprint density at radius 2 is 1.86 bits per heavy atom. The van der Waals surface area contributed by atoms with E-state index in [-0.39, 0.29) is 12.6 Å². The lowest BCUT2D eigenvalue weighted by molar-refractivity contribution is 0.0613. The van der Waals surface area contributed by atoms with Crippen LogP contribution in [0.3, 0.4) is 0 Å². The minimum atomic E-state index is -0.0344. The lowest BCUT2D eigenvalue weighted by atomic mass is 10.1. The average molecular weight is 394 g/mol. The number of piperazine rings is 1. The van der Waals surface area contributed by atoms with Crippen LogP contribution in [-0.2, 0) is 13.3 Å². The van der Waals surface area contributed by atoms with Gasteiger partial charge < -0.3 is 14.1 Å². The van der Waals surface area contributed by atoms with Crippen molar-refractivity contribution < 1.29 is 13.9 Å². The largest absolute Gasteiger partial charge is 0.471 e. The van der Waals surface area contributed by atoms with Gasteiger partial charge in [0.25, 0.3) is 5.91 Å². The van der Waals surface area contributed by atoms with E-state index in [1.54, 1.807) is 23.2 Å². The summed E-state index contributed by atoms with van der Waals surface area (Å²) in [5.41, 5.74) is 2.76. The number of furan rings is 1. The van der Waals surface area contributed by atoms with Gasteiger partial charge in [-0.05, 0) is 55.3 Å². The number of carbonyl (C=O) groups excluding carboxylic acids is 1. The Morgan fingerprint density at radius 3 is 2.55 bits per heavy atom. The summed E-state index contributed by atoms with van der Waals surface area (Å²) >= 11 is 0. The molecule has 2 aromatic heterocycles. The van der Waals surface area contributed by atoms with Gasteiger partial charge in [0.1, 0.15) is 11.5 Å². The van der Waals surface area contributed by atoms with E-state index >= 15 is 0 Å². The number of aryl methyl sites for hydroxylation is 2. The smallest absolute Gasteiger partial charge is 0.274 e. The van der Waals surface area contributed by atoms with E-state index < -0.39 is 0 Å². The predicted octanol–water partition coefficient (Wildman–Crippen LogP) is 3.09. The standard InChI is InChI=1S/C22H26N4O3/c1-17-12-18(2)14-20(13-17)29-16-26-6-5-21(23-26)22(27)25-9-7-24(8-10-25)15-19-4-3-11-28-19/h3-6,11-14H,7-10,15-16H2,1-2H3. The molecule has 1 fully saturated rings. The number of amides is 1. The summed E-state index contributed by atoms with van der Waals surface area (Å²) in [5, 5.41) is 4.40. The zero-order valence-corrected chi connectivity index (χ0v) is 16.9. The molecular formula is C22H26N4O3. The average Bonchev–Trinajstić information content (AvgIpc) is 3.38. The fraction of sp³-hybridized carbons (Fsp3) is 0.364. The van der Waals surface area contributed by atoms with Crippen molar-refractivity contribution in [3.63, 3.8) is 0 Å². The maximum atomic E-state index is 12.8. The molecule has 152 valence electrons. The van der Waals surface area contributed by atoms with Gasteiger partial charge in [-0.15, -0.1) is 0 Å². The molecule has 1 saturated heterocycles. The topological polar surface area (TPSA) is 63.7 Å². The van der Waals surface area contributed by atoms with Crippen LogP contribution in [0, 0.1) is 13.8 Å². The van der Waals surface area contributed by atoms with Gasteiger partial charge in [-0.25, -0.2) is 4.68 Å². The van der Waals surface area contributed by atoms with Crippen LogP contribution in [-0.4, -0.2) is 51.7 Å². The van der Waals surface area contributed by atoms with E-state index in [2.05, 4.69) is 16.1 Å². The summed E-state index contributed by atoms with van der Waals surface area (Å²) < 4.78 is 12.9. The lowest BCUT2D eigenvalue weighted by Crippen LogP contribution is -2.48. The minimum Gasteiger partial charge on any atom is -0.471 e. The van der Waals surface area contributed by atoms with Crippen LogP contribution in [0.15, 0.2) is 53.3 Å². The molecule has 7 nitrogen and oxygen atoms in total. The highest BCUT2D eigenvalue weighted by molar-refractivity contribution is 5.92. The van der Waals surface area contributed by atoms with Gasteiger partial charge in [-0.3, -0.25) is 9.69 Å². The van der Waals surface area contributed by atoms with Gasteiger partial charge in [-0.1, -0.05) is 6.07 Å². The molecule has 3 heterocycles. The Bertz CT molecular complexity index is 936. The molecule has 0 saturated carbocycles. The van der Waals surface area contributed by atoms with Crippen LogP contribution in [0.2, 0.25) is 0 Å². The number of nitrogens with zero attached hydrogens (tertiary/aromatic N) is 4. The summed E-state index contributed by atoms with van der Waals surface area (Å²) in [7, 11) is 0. The van der Waals surface area contributed by atoms with E-state index in [4.69, 9.17) is 9.15 Å². The molecule has 1 aliphatic heterocycles. The summed E-state index contributed by atoms with van der Waals surface area (Å²) in [4.78, 5) is 16.9. The monoisotopic (exact) mass is 394 g/mol. The highest BCUT2D eigenvalue weighted by atomic mass is 16.5. The summed E-state index contributed by atoms with van der Waals surface area (Å²) in [6.07, 6.45) is 3.47. The van der Waals surface area contributed by atoms with Crippen LogP contribution >= 0.6 is 0 Å². The molecule has 0 aliphatic carbocycles. The van der Waals surface area contributed by atoms with Crippen molar-refractivity contribution in [2.75, 3.05) is 26.2 Å². The quantitative estimate of drug-likeness (QED) is 0.643. The Morgan fingerprint density at radius 1 is 1.10 bits per heavy atom. The Labute approximate surface area is 170 Å². The highest BCUT2D eigenvalue weighted by Crippen LogP contribution is 2.17. The van der Waals surface area contributed by atoms with E-state index in [0.717, 1.165) is 42.3 Å². The SMILES string of the molecule is Cc1cc(C)cc(OCn2ccc(C(=O)N3CCN(Cc4ccco4)CC3)n2)c1. The second-order valence-electron chi connectivity index (χ2n) is 7.49. The first-order valence-electron chi connectivity index (χ1n) is 9.85. The molecule has 1 aliphatic rings. The number of aromatic nitrogens is 2. The second kappa shape index (κ2) is 8.53. The molecule has 1 aromatic carbocycles. The normalized spacial score (nSPS) is 14.9. The zero-order valence-electron chi connectivity index (χ0n) is 16.9. The van der Waals surface area contributed by atoms with Crippen molar-refractivity contribution in [2.45, 2.75) is 27.1 Å². The lowest BCUT2D eigenvalue weighted by Gasteiger charge is -2.33. The maximum Gasteiger partial charge on any atom is 0.274 e. The molecule has 7 heteroatoms. The Hall–Kier alpha value is -3.06. The third kappa shape index (κ3) is 4.86. The van der Waals surface area contributed by atoms with Gasteiger partial charge in [0.2, 0.25) is 0 Å². The van der Waals surface area contributed by atoms with Crippen molar-refractivity contribution in [1.82, 2.24) is 19.6 Å². The Balaban J connectivity index is 1.29. The number of rotatable bonds is 6. The fourth-order valence-electron chi connectivity index (χ4n) is 3.60. The fourth-order valence-corrected chi connectivity index (χ4v) is 3.60. The number of hydrogen-bond donors (Lipinski definition) is 0. The molecule has 4 rings (SSSR count). The van der Waals surface area contributed by atoms with Gasteiger partial charge in [0, 0.05) is 32.4 Å². The molecular weight excluding hydrogens is 368 g/mol. The van der Waals surface area contributed by atoms with Crippen LogP contribution in [0.5, 0.6) is 5.75 Å². The first-order chi connectivity index (χ1) is 14.1. The van der Waals surface area contributed by atoms with Crippen LogP contribution < -0.4 is 4.74 Å². The van der Waals surface area contributed by atoms with Gasteiger partial charge in [0.15, 0.2) is 12.4 Å². The van der Waals surface area contributed by atoms with Crippen molar-refractivity contribution in [3.05, 3.63) is 71.4 Å². The van der Waals surface area contributed by atoms with E-state index in [0.29, 0.717) is 18.8 Å². The molecule has 29 heavy (non-hydrogen) atoms. The molecule has 0 N–H and O–H groups in total. The van der Waals surface area contributed by atoms with Crippen molar-refractivity contribution in [1.29, 1.82) is 0 Å². The number of benzene rings is 1. The third-order valence-electron chi connectivity index (χ3n) is 5.04. The van der Waals surface area contributed by atoms with Gasteiger partial charge >= 0.3 is 0 Å². The highest BCUT2D eigenvalue weighted by Gasteiger charge is 2.24. The Kier molecular flexibility index (Phi) is 5.67. The summed E-state index contributed by atoms with van der Waals surface area (Å²) in [5.74, 6) is 1.72. The molecule has 0 atom stereocenters. The van der Waals surface area contributed by atoms with Gasteiger partial charge in [-0.2, -0.15) is 5.10 Å². The minimum absolute atomic E-state index is 0.0344. The number of carbonyl (C=O) groups is 1. The summed E-state index contributed by atoms with van der Waals surface area (Å²) in [6, 6.07) is 11.7. The first kappa shape index (κ1) is 19.3. The van der Waals surface area contributed by atoms with Crippen LogP contribution in [0.4, 0.5) is 0 Å². The summed E-state index contributed by atoms with van der Waals surface area (Å²) in [6.45, 7) is 8.15. The number of hydrogen-bond acceptors (Lipinski definition) is 5. The van der Waals surface area contributed by atoms with E-state index in [1.807, 2.05) is 43.0 Å². The molecule has 0 radical (unpaired) electrons. The second-order valence-corrected chi connectivity index (χ2v) is 7.49. The zero-order chi connectivity index (χ0) is 20.2. The third-order valence-corrected chi connectivity index (χ3v) is 5.04.